The van der Waals surface area contributed by atoms with E-state index < -0.39 is 33.6 Å². The fraction of sp³-hybridized carbons (Fsp3) is 0.412. The summed E-state index contributed by atoms with van der Waals surface area (Å²) in [6.07, 6.45) is 0.231. The first-order chi connectivity index (χ1) is 12.7. The summed E-state index contributed by atoms with van der Waals surface area (Å²) < 4.78 is 53.5. The van der Waals surface area contributed by atoms with Gasteiger partial charge < -0.3 is 10.1 Å². The zero-order chi connectivity index (χ0) is 19.8. The van der Waals surface area contributed by atoms with Gasteiger partial charge in [-0.2, -0.15) is 0 Å². The lowest BCUT2D eigenvalue weighted by molar-refractivity contribution is -0.119. The van der Waals surface area contributed by atoms with Crippen molar-refractivity contribution in [1.29, 1.82) is 4.78 Å². The molecule has 0 bridgehead atoms. The molecule has 2 N–H and O–H groups in total. The number of allylic oxidation sites excluding steroid dienone is 1. The van der Waals surface area contributed by atoms with Crippen LogP contribution in [0.1, 0.15) is 18.9 Å². The molecule has 0 saturated carbocycles. The predicted octanol–water partition coefficient (Wildman–Crippen LogP) is 2.26. The Balaban J connectivity index is 1.82. The largest absolute Gasteiger partial charge is 0.442 e. The molecule has 1 saturated heterocycles. The van der Waals surface area contributed by atoms with E-state index >= 15 is 0 Å². The molecule has 1 aromatic carbocycles. The summed E-state index contributed by atoms with van der Waals surface area (Å²) in [5.41, 5.74) is 0.163. The summed E-state index contributed by atoms with van der Waals surface area (Å²) in [5, 5.41) is 2.52. The number of hydrogen-bond acceptors (Lipinski definition) is 5. The highest BCUT2D eigenvalue weighted by Gasteiger charge is 2.33. The van der Waals surface area contributed by atoms with E-state index in [1.807, 2.05) is 0 Å². The molecular weight excluding hydrogens is 380 g/mol. The summed E-state index contributed by atoms with van der Waals surface area (Å²) in [4.78, 5) is 24.0. The van der Waals surface area contributed by atoms with Crippen molar-refractivity contribution in [1.82, 2.24) is 5.32 Å². The maximum atomic E-state index is 14.6. The molecule has 0 radical (unpaired) electrons. The summed E-state index contributed by atoms with van der Waals surface area (Å²) in [6, 6.07) is 2.10. The van der Waals surface area contributed by atoms with Gasteiger partial charge in [0.1, 0.15) is 17.7 Å². The van der Waals surface area contributed by atoms with Crippen LogP contribution in [0.15, 0.2) is 18.2 Å². The number of nitrogens with one attached hydrogen (secondary N) is 2. The van der Waals surface area contributed by atoms with Crippen LogP contribution in [0.2, 0.25) is 0 Å². The highest BCUT2D eigenvalue weighted by molar-refractivity contribution is 7.92. The van der Waals surface area contributed by atoms with Crippen molar-refractivity contribution in [3.8, 4) is 0 Å². The number of cyclic esters (lactones) is 1. The first kappa shape index (κ1) is 19.3. The Morgan fingerprint density at radius 1 is 1.41 bits per heavy atom. The summed E-state index contributed by atoms with van der Waals surface area (Å²) in [6.45, 7) is 1.50. The standard InChI is InChI=1S/C17H19F2N3O4S/c1-10(23)21-8-13-9-22(17(24)26-13)12-6-14(18)16(15(19)7-12)11-2-4-27(20,25)5-3-11/h2,6-7,13,20H,3-5,8-9H2,1H3,(H,21,23)/t13-,27?/m0/s1. The fourth-order valence-corrected chi connectivity index (χ4v) is 4.23. The Hall–Kier alpha value is -2.49. The molecule has 1 aromatic rings. The van der Waals surface area contributed by atoms with Crippen molar-refractivity contribution in [2.24, 2.45) is 0 Å². The number of rotatable bonds is 4. The third kappa shape index (κ3) is 4.26. The molecular formula is C17H19F2N3O4S. The molecule has 7 nitrogen and oxygen atoms in total. The smallest absolute Gasteiger partial charge is 0.414 e. The zero-order valence-electron chi connectivity index (χ0n) is 14.6. The van der Waals surface area contributed by atoms with E-state index in [2.05, 4.69) is 5.32 Å². The zero-order valence-corrected chi connectivity index (χ0v) is 15.4. The van der Waals surface area contributed by atoms with Crippen molar-refractivity contribution < 1.29 is 27.3 Å². The van der Waals surface area contributed by atoms with E-state index in [9.17, 15) is 22.6 Å². The van der Waals surface area contributed by atoms with Crippen LogP contribution in [0.3, 0.4) is 0 Å². The average molecular weight is 399 g/mol. The third-order valence-corrected chi connectivity index (χ3v) is 5.98. The quantitative estimate of drug-likeness (QED) is 0.811. The minimum Gasteiger partial charge on any atom is -0.442 e. The number of benzene rings is 1. The Kier molecular flexibility index (Phi) is 5.18. The number of ether oxygens (including phenoxy) is 1. The molecule has 0 spiro atoms. The lowest BCUT2D eigenvalue weighted by Crippen LogP contribution is -2.33. The van der Waals surface area contributed by atoms with E-state index in [-0.39, 0.29) is 48.2 Å². The van der Waals surface area contributed by atoms with E-state index in [0.29, 0.717) is 5.57 Å². The van der Waals surface area contributed by atoms with Crippen molar-refractivity contribution in [3.63, 3.8) is 0 Å². The first-order valence-corrected chi connectivity index (χ1v) is 10.2. The average Bonchev–Trinajstić information content (AvgIpc) is 2.94. The molecule has 1 fully saturated rings. The highest BCUT2D eigenvalue weighted by Crippen LogP contribution is 2.32. The molecule has 2 amide bonds. The molecule has 2 aliphatic heterocycles. The van der Waals surface area contributed by atoms with E-state index in [1.165, 1.54) is 13.0 Å². The molecule has 3 rings (SSSR count). The van der Waals surface area contributed by atoms with Crippen LogP contribution in [-0.4, -0.2) is 46.9 Å². The van der Waals surface area contributed by atoms with E-state index in [0.717, 1.165) is 17.0 Å². The van der Waals surface area contributed by atoms with Crippen LogP contribution in [0, 0.1) is 16.4 Å². The van der Waals surface area contributed by atoms with Gasteiger partial charge in [0.05, 0.1) is 24.5 Å². The molecule has 0 aliphatic carbocycles. The number of nitrogens with zero attached hydrogens (tertiary/aromatic N) is 1. The van der Waals surface area contributed by atoms with Crippen LogP contribution in [0.5, 0.6) is 0 Å². The van der Waals surface area contributed by atoms with Crippen LogP contribution >= 0.6 is 0 Å². The minimum atomic E-state index is -2.72. The maximum absolute atomic E-state index is 14.6. The van der Waals surface area contributed by atoms with Gasteiger partial charge in [0.15, 0.2) is 0 Å². The Labute approximate surface area is 155 Å². The van der Waals surface area contributed by atoms with E-state index in [1.54, 1.807) is 0 Å². The molecule has 27 heavy (non-hydrogen) atoms. The highest BCUT2D eigenvalue weighted by atomic mass is 32.2. The number of carbonyl (C=O) groups is 2. The second kappa shape index (κ2) is 7.26. The Bertz CT molecular complexity index is 907. The Morgan fingerprint density at radius 3 is 2.63 bits per heavy atom. The van der Waals surface area contributed by atoms with Gasteiger partial charge in [-0.15, -0.1) is 0 Å². The molecule has 2 heterocycles. The SMILES string of the molecule is CC(=O)NC[C@H]1CN(c2cc(F)c(C3=CCS(=N)(=O)CC3)c(F)c2)C(=O)O1. The van der Waals surface area contributed by atoms with E-state index in [4.69, 9.17) is 9.52 Å². The number of hydrogen-bond donors (Lipinski definition) is 2. The number of anilines is 1. The maximum Gasteiger partial charge on any atom is 0.414 e. The van der Waals surface area contributed by atoms with Crippen molar-refractivity contribution in [2.75, 3.05) is 29.5 Å². The lowest BCUT2D eigenvalue weighted by atomic mass is 10.0. The fourth-order valence-electron chi connectivity index (χ4n) is 3.04. The summed E-state index contributed by atoms with van der Waals surface area (Å²) in [7, 11) is -2.72. The second-order valence-electron chi connectivity index (χ2n) is 6.50. The van der Waals surface area contributed by atoms with Gasteiger partial charge in [-0.1, -0.05) is 6.08 Å². The van der Waals surface area contributed by atoms with Crippen LogP contribution in [0.25, 0.3) is 5.57 Å². The van der Waals surface area contributed by atoms with Crippen molar-refractivity contribution in [3.05, 3.63) is 35.4 Å². The predicted molar refractivity (Wildman–Crippen MR) is 95.8 cm³/mol. The lowest BCUT2D eigenvalue weighted by Gasteiger charge is -2.19. The number of amides is 2. The van der Waals surface area contributed by atoms with Gasteiger partial charge in [-0.3, -0.25) is 14.5 Å². The Morgan fingerprint density at radius 2 is 2.07 bits per heavy atom. The first-order valence-electron chi connectivity index (χ1n) is 8.31. The van der Waals surface area contributed by atoms with Crippen LogP contribution in [-0.2, 0) is 19.3 Å². The van der Waals surface area contributed by atoms with Crippen LogP contribution in [0.4, 0.5) is 19.3 Å². The minimum absolute atomic E-state index is 0.0183. The van der Waals surface area contributed by atoms with Gasteiger partial charge in [-0.25, -0.2) is 17.8 Å². The molecule has 0 aromatic heterocycles. The second-order valence-corrected chi connectivity index (χ2v) is 8.87. The molecule has 2 aliphatic rings. The molecule has 2 atom stereocenters. The molecule has 10 heteroatoms. The van der Waals surface area contributed by atoms with Gasteiger partial charge in [0.25, 0.3) is 0 Å². The number of halogens is 2. The van der Waals surface area contributed by atoms with Gasteiger partial charge in [0, 0.05) is 28.0 Å². The number of carbonyl (C=O) groups excluding carboxylic acids is 2. The summed E-state index contributed by atoms with van der Waals surface area (Å²) in [5.74, 6) is -1.93. The monoisotopic (exact) mass is 399 g/mol. The van der Waals surface area contributed by atoms with Crippen LogP contribution < -0.4 is 10.2 Å². The van der Waals surface area contributed by atoms with Crippen molar-refractivity contribution in [2.45, 2.75) is 19.4 Å². The molecule has 1 unspecified atom stereocenters. The summed E-state index contributed by atoms with van der Waals surface area (Å²) >= 11 is 0. The van der Waals surface area contributed by atoms with Crippen molar-refractivity contribution >= 4 is 33.0 Å². The third-order valence-electron chi connectivity index (χ3n) is 4.41. The van der Waals surface area contributed by atoms with Gasteiger partial charge in [-0.05, 0) is 24.1 Å². The van der Waals surface area contributed by atoms with Gasteiger partial charge >= 0.3 is 6.09 Å². The van der Waals surface area contributed by atoms with Gasteiger partial charge in [0.2, 0.25) is 5.91 Å². The normalized spacial score (nSPS) is 25.1. The topological polar surface area (TPSA) is 99.6 Å². The molecule has 146 valence electrons.